The Morgan fingerprint density at radius 1 is 1.05 bits per heavy atom. The van der Waals surface area contributed by atoms with Crippen molar-refractivity contribution in [3.8, 4) is 0 Å². The molecule has 2 heterocycles. The van der Waals surface area contributed by atoms with Gasteiger partial charge in [0.2, 0.25) is 0 Å². The summed E-state index contributed by atoms with van der Waals surface area (Å²) in [5, 5.41) is 0. The molecule has 0 spiro atoms. The highest BCUT2D eigenvalue weighted by molar-refractivity contribution is 6.00. The summed E-state index contributed by atoms with van der Waals surface area (Å²) in [6.07, 6.45) is 10.0. The molecule has 188 valence electrons. The fourth-order valence-corrected chi connectivity index (χ4v) is 5.90. The Bertz CT molecular complexity index is 1450. The van der Waals surface area contributed by atoms with E-state index in [9.17, 15) is 9.18 Å². The average molecular weight is 496 g/mol. The molecule has 1 atom stereocenters. The van der Waals surface area contributed by atoms with E-state index in [0.717, 1.165) is 65.1 Å². The number of aromatic nitrogens is 1. The normalized spacial score (nSPS) is 19.0. The van der Waals surface area contributed by atoms with Gasteiger partial charge in [-0.05, 0) is 72.6 Å². The number of aryl methyl sites for hydroxylation is 2. The molecule has 37 heavy (non-hydrogen) atoms. The fourth-order valence-electron chi connectivity index (χ4n) is 5.90. The van der Waals surface area contributed by atoms with Gasteiger partial charge in [0, 0.05) is 36.5 Å². The van der Waals surface area contributed by atoms with Crippen LogP contribution in [0.3, 0.4) is 0 Å². The topological polar surface area (TPSA) is 40.5 Å². The zero-order valence-electron chi connectivity index (χ0n) is 21.2. The number of halogens is 1. The van der Waals surface area contributed by atoms with Crippen molar-refractivity contribution < 1.29 is 18.7 Å². The predicted octanol–water partition coefficient (Wildman–Crippen LogP) is 7.36. The van der Waals surface area contributed by atoms with Crippen LogP contribution in [0.4, 0.5) is 9.18 Å². The first-order valence-electron chi connectivity index (χ1n) is 12.9. The van der Waals surface area contributed by atoms with Gasteiger partial charge in [0.15, 0.2) is 0 Å². The molecule has 3 aliphatic rings. The zero-order chi connectivity index (χ0) is 25.5. The molecule has 1 unspecified atom stereocenters. The molecule has 2 aromatic carbocycles. The molecular weight excluding hydrogens is 465 g/mol. The number of carbonyl (C=O) groups excluding carboxylic acids is 1. The Morgan fingerprint density at radius 3 is 2.59 bits per heavy atom. The minimum Gasteiger partial charge on any atom is -0.444 e. The van der Waals surface area contributed by atoms with E-state index < -0.39 is 6.09 Å². The lowest BCUT2D eigenvalue weighted by Gasteiger charge is -2.34. The second-order valence-electron chi connectivity index (χ2n) is 10.2. The van der Waals surface area contributed by atoms with Gasteiger partial charge in [0.1, 0.15) is 12.4 Å². The van der Waals surface area contributed by atoms with Gasteiger partial charge >= 0.3 is 6.09 Å². The first-order valence-corrected chi connectivity index (χ1v) is 12.9. The first-order chi connectivity index (χ1) is 18.0. The summed E-state index contributed by atoms with van der Waals surface area (Å²) < 4.78 is 27.2. The van der Waals surface area contributed by atoms with Gasteiger partial charge in [-0.15, -0.1) is 0 Å². The maximum atomic E-state index is 14.2. The van der Waals surface area contributed by atoms with Crippen LogP contribution in [-0.4, -0.2) is 23.9 Å². The van der Waals surface area contributed by atoms with Gasteiger partial charge in [-0.1, -0.05) is 60.2 Å². The van der Waals surface area contributed by atoms with E-state index in [1.807, 2.05) is 62.5 Å². The highest BCUT2D eigenvalue weighted by atomic mass is 19.1. The lowest BCUT2D eigenvalue weighted by atomic mass is 9.72. The van der Waals surface area contributed by atoms with Gasteiger partial charge in [0.05, 0.1) is 5.69 Å². The molecule has 0 N–H and O–H groups in total. The van der Waals surface area contributed by atoms with Crippen LogP contribution in [0.25, 0.3) is 11.6 Å². The predicted molar refractivity (Wildman–Crippen MR) is 143 cm³/mol. The third-order valence-corrected chi connectivity index (χ3v) is 7.81. The van der Waals surface area contributed by atoms with Crippen molar-refractivity contribution >= 4 is 17.7 Å². The summed E-state index contributed by atoms with van der Waals surface area (Å²) in [4.78, 5) is 13.2. The van der Waals surface area contributed by atoms with Crippen LogP contribution in [0.2, 0.25) is 0 Å². The Morgan fingerprint density at radius 2 is 1.84 bits per heavy atom. The second kappa shape index (κ2) is 9.64. The molecule has 0 amide bonds. The quantitative estimate of drug-likeness (QED) is 0.380. The summed E-state index contributed by atoms with van der Waals surface area (Å²) >= 11 is 0. The Kier molecular flexibility index (Phi) is 6.17. The van der Waals surface area contributed by atoms with Crippen molar-refractivity contribution in [3.63, 3.8) is 0 Å². The van der Waals surface area contributed by atoms with Gasteiger partial charge in [-0.25, -0.2) is 9.18 Å². The lowest BCUT2D eigenvalue weighted by Crippen LogP contribution is -2.23. The summed E-state index contributed by atoms with van der Waals surface area (Å²) in [5.41, 5.74) is 9.14. The first kappa shape index (κ1) is 23.7. The monoisotopic (exact) mass is 495 g/mol. The standard InChI is InChI=1S/C32H30FNO3/c1-20-16-24(8-11-29(20)33)30-25(23-12-14-36-15-13-23)9-10-26-28(30)17-27-21(2)18-34(31(26)27)32(35)37-19-22-6-4-3-5-7-22/h3-11,16-18,23,30H,12-15,19H2,1-2H3. The number of allylic oxidation sites excluding steroid dienone is 5. The third kappa shape index (κ3) is 4.27. The minimum absolute atomic E-state index is 0.00277. The van der Waals surface area contributed by atoms with Crippen LogP contribution in [-0.2, 0) is 16.1 Å². The van der Waals surface area contributed by atoms with Crippen LogP contribution < -0.4 is 0 Å². The number of rotatable bonds is 4. The molecule has 1 saturated heterocycles. The second-order valence-corrected chi connectivity index (χ2v) is 10.2. The molecule has 1 aliphatic heterocycles. The van der Waals surface area contributed by atoms with E-state index in [4.69, 9.17) is 9.47 Å². The molecule has 5 heteroatoms. The minimum atomic E-state index is -0.392. The summed E-state index contributed by atoms with van der Waals surface area (Å²) in [7, 11) is 0. The summed E-state index contributed by atoms with van der Waals surface area (Å²) in [6.45, 7) is 5.57. The lowest BCUT2D eigenvalue weighted by molar-refractivity contribution is 0.0747. The molecule has 0 radical (unpaired) electrons. The van der Waals surface area contributed by atoms with Crippen LogP contribution in [0, 0.1) is 25.6 Å². The number of ether oxygens (including phenoxy) is 2. The molecule has 4 nitrogen and oxygen atoms in total. The Hall–Kier alpha value is -3.70. The van der Waals surface area contributed by atoms with Crippen molar-refractivity contribution in [2.75, 3.05) is 13.2 Å². The Labute approximate surface area is 216 Å². The Balaban J connectivity index is 1.39. The molecule has 2 aliphatic carbocycles. The average Bonchev–Trinajstić information content (AvgIpc) is 3.47. The highest BCUT2D eigenvalue weighted by Gasteiger charge is 2.38. The number of benzene rings is 2. The fraction of sp³-hybridized carbons (Fsp3) is 0.281. The number of nitrogens with zero attached hydrogens (tertiary/aromatic N) is 1. The van der Waals surface area contributed by atoms with Crippen LogP contribution in [0.15, 0.2) is 78.0 Å². The number of carbonyl (C=O) groups is 1. The van der Waals surface area contributed by atoms with Crippen molar-refractivity contribution in [1.82, 2.24) is 4.57 Å². The van der Waals surface area contributed by atoms with E-state index >= 15 is 0 Å². The third-order valence-electron chi connectivity index (χ3n) is 7.81. The molecule has 0 saturated carbocycles. The van der Waals surface area contributed by atoms with Crippen molar-refractivity contribution in [2.45, 2.75) is 39.2 Å². The smallest absolute Gasteiger partial charge is 0.418 e. The summed E-state index contributed by atoms with van der Waals surface area (Å²) in [5.74, 6) is 0.212. The maximum absolute atomic E-state index is 14.2. The van der Waals surface area contributed by atoms with E-state index in [0.29, 0.717) is 11.5 Å². The number of hydrogen-bond acceptors (Lipinski definition) is 3. The van der Waals surface area contributed by atoms with Crippen molar-refractivity contribution in [2.24, 2.45) is 5.92 Å². The van der Waals surface area contributed by atoms with Crippen LogP contribution in [0.5, 0.6) is 0 Å². The van der Waals surface area contributed by atoms with Crippen LogP contribution >= 0.6 is 0 Å². The molecule has 0 bridgehead atoms. The zero-order valence-corrected chi connectivity index (χ0v) is 21.2. The number of fused-ring (bicyclic) bond motifs is 3. The van der Waals surface area contributed by atoms with Gasteiger partial charge in [-0.2, -0.15) is 0 Å². The van der Waals surface area contributed by atoms with Crippen molar-refractivity contribution in [1.29, 1.82) is 0 Å². The maximum Gasteiger partial charge on any atom is 0.418 e. The van der Waals surface area contributed by atoms with E-state index in [2.05, 4.69) is 18.2 Å². The number of hydrogen-bond donors (Lipinski definition) is 0. The van der Waals surface area contributed by atoms with Gasteiger partial charge in [0.25, 0.3) is 0 Å². The largest absolute Gasteiger partial charge is 0.444 e. The van der Waals surface area contributed by atoms with E-state index in [-0.39, 0.29) is 18.3 Å². The molecule has 3 aromatic rings. The van der Waals surface area contributed by atoms with Crippen LogP contribution in [0.1, 0.15) is 52.3 Å². The SMILES string of the molecule is Cc1cc(C2C3=Cc4c(C)cn(C(=O)OCc5ccccc5)c4C3=CC=C2C2CCOCC2)ccc1F. The molecular formula is C32H30FNO3. The molecule has 6 rings (SSSR count). The van der Waals surface area contributed by atoms with E-state index in [1.54, 1.807) is 10.6 Å². The molecule has 1 fully saturated rings. The van der Waals surface area contributed by atoms with Gasteiger partial charge < -0.3 is 9.47 Å². The highest BCUT2D eigenvalue weighted by Crippen LogP contribution is 2.52. The molecule has 1 aromatic heterocycles. The van der Waals surface area contributed by atoms with E-state index in [1.165, 1.54) is 5.57 Å². The van der Waals surface area contributed by atoms with Crippen molar-refractivity contribution in [3.05, 3.63) is 117 Å². The summed E-state index contributed by atoms with van der Waals surface area (Å²) in [6, 6.07) is 15.1. The van der Waals surface area contributed by atoms with Gasteiger partial charge in [-0.3, -0.25) is 4.57 Å².